The molecular formula is C14H17NO3. The van der Waals surface area contributed by atoms with E-state index in [1.165, 1.54) is 0 Å². The Morgan fingerprint density at radius 1 is 1.28 bits per heavy atom. The van der Waals surface area contributed by atoms with Crippen LogP contribution in [0.25, 0.3) is 11.0 Å². The number of anilines is 1. The quantitative estimate of drug-likeness (QED) is 0.627. The summed E-state index contributed by atoms with van der Waals surface area (Å²) in [4.78, 5) is 11.8. The number of aryl methyl sites for hydroxylation is 1. The molecule has 0 bridgehead atoms. The molecule has 2 aromatic rings. The first kappa shape index (κ1) is 12.6. The van der Waals surface area contributed by atoms with E-state index in [1.807, 2.05) is 31.3 Å². The molecule has 18 heavy (non-hydrogen) atoms. The highest BCUT2D eigenvalue weighted by Crippen LogP contribution is 2.18. The molecule has 0 saturated carbocycles. The van der Waals surface area contributed by atoms with Crippen LogP contribution in [0.3, 0.4) is 0 Å². The van der Waals surface area contributed by atoms with Crippen molar-refractivity contribution in [2.45, 2.75) is 19.3 Å². The molecule has 96 valence electrons. The molecule has 2 rings (SSSR count). The highest BCUT2D eigenvalue weighted by atomic mass is 16.4. The summed E-state index contributed by atoms with van der Waals surface area (Å²) in [6.07, 6.45) is 2.14. The number of benzene rings is 1. The highest BCUT2D eigenvalue weighted by molar-refractivity contribution is 5.80. The van der Waals surface area contributed by atoms with Crippen LogP contribution in [0, 0.1) is 0 Å². The van der Waals surface area contributed by atoms with Gasteiger partial charge in [-0.1, -0.05) is 0 Å². The minimum absolute atomic E-state index is 0.157. The van der Waals surface area contributed by atoms with Crippen molar-refractivity contribution in [1.82, 2.24) is 0 Å². The van der Waals surface area contributed by atoms with E-state index in [4.69, 9.17) is 9.52 Å². The van der Waals surface area contributed by atoms with E-state index in [1.54, 1.807) is 0 Å². The van der Waals surface area contributed by atoms with Gasteiger partial charge in [-0.25, -0.2) is 4.79 Å². The highest BCUT2D eigenvalue weighted by Gasteiger charge is 2.05. The Kier molecular flexibility index (Phi) is 3.99. The molecular weight excluding hydrogens is 230 g/mol. The third-order valence-corrected chi connectivity index (χ3v) is 2.95. The maximum absolute atomic E-state index is 11.8. The minimum atomic E-state index is -0.284. The zero-order chi connectivity index (χ0) is 13.0. The van der Waals surface area contributed by atoms with E-state index >= 15 is 0 Å². The van der Waals surface area contributed by atoms with E-state index in [2.05, 4.69) is 5.32 Å². The molecule has 0 fully saturated rings. The third kappa shape index (κ3) is 2.71. The average Bonchev–Trinajstić information content (AvgIpc) is 2.39. The van der Waals surface area contributed by atoms with Crippen LogP contribution in [0.2, 0.25) is 0 Å². The van der Waals surface area contributed by atoms with Crippen LogP contribution in [0.4, 0.5) is 5.69 Å². The Morgan fingerprint density at radius 3 is 2.83 bits per heavy atom. The van der Waals surface area contributed by atoms with Crippen LogP contribution >= 0.6 is 0 Å². The number of rotatable bonds is 5. The van der Waals surface area contributed by atoms with Gasteiger partial charge < -0.3 is 14.8 Å². The van der Waals surface area contributed by atoms with Gasteiger partial charge in [-0.15, -0.1) is 0 Å². The summed E-state index contributed by atoms with van der Waals surface area (Å²) in [5, 5.41) is 12.7. The number of nitrogens with one attached hydrogen (secondary N) is 1. The first-order chi connectivity index (χ1) is 8.74. The van der Waals surface area contributed by atoms with E-state index in [9.17, 15) is 4.79 Å². The Labute approximate surface area is 105 Å². The average molecular weight is 247 g/mol. The van der Waals surface area contributed by atoms with E-state index in [0.29, 0.717) is 24.0 Å². The summed E-state index contributed by atoms with van der Waals surface area (Å²) >= 11 is 0. The molecule has 0 amide bonds. The number of aliphatic hydroxyl groups excluding tert-OH is 1. The van der Waals surface area contributed by atoms with Crippen molar-refractivity contribution in [3.63, 3.8) is 0 Å². The topological polar surface area (TPSA) is 62.5 Å². The molecule has 1 aromatic carbocycles. The maximum Gasteiger partial charge on any atom is 0.339 e. The van der Waals surface area contributed by atoms with Gasteiger partial charge in [0.15, 0.2) is 0 Å². The first-order valence-electron chi connectivity index (χ1n) is 6.10. The lowest BCUT2D eigenvalue weighted by Crippen LogP contribution is -2.07. The SMILES string of the molecule is CNc1ccc2cc(CCCCO)c(=O)oc2c1. The normalized spacial score (nSPS) is 10.8. The molecule has 0 saturated heterocycles. The summed E-state index contributed by atoms with van der Waals surface area (Å²) in [5.74, 6) is 0. The fraction of sp³-hybridized carbons (Fsp3) is 0.357. The van der Waals surface area contributed by atoms with Crippen LogP contribution in [-0.2, 0) is 6.42 Å². The second kappa shape index (κ2) is 5.69. The Morgan fingerprint density at radius 2 is 2.11 bits per heavy atom. The van der Waals surface area contributed by atoms with Crippen LogP contribution in [-0.4, -0.2) is 18.8 Å². The van der Waals surface area contributed by atoms with Crippen LogP contribution in [0.1, 0.15) is 18.4 Å². The summed E-state index contributed by atoms with van der Waals surface area (Å²) < 4.78 is 5.31. The number of hydrogen-bond acceptors (Lipinski definition) is 4. The number of unbranched alkanes of at least 4 members (excludes halogenated alkanes) is 1. The van der Waals surface area contributed by atoms with Gasteiger partial charge in [0, 0.05) is 36.4 Å². The van der Waals surface area contributed by atoms with Gasteiger partial charge in [-0.2, -0.15) is 0 Å². The lowest BCUT2D eigenvalue weighted by atomic mass is 10.1. The standard InChI is InChI=1S/C14H17NO3/c1-15-12-6-5-10-8-11(4-2-3-7-16)14(17)18-13(10)9-12/h5-6,8-9,15-16H,2-4,7H2,1H3. The van der Waals surface area contributed by atoms with Crippen molar-refractivity contribution in [2.75, 3.05) is 19.0 Å². The molecule has 2 N–H and O–H groups in total. The second-order valence-electron chi connectivity index (χ2n) is 4.24. The van der Waals surface area contributed by atoms with Crippen molar-refractivity contribution in [3.8, 4) is 0 Å². The third-order valence-electron chi connectivity index (χ3n) is 2.95. The molecule has 4 heteroatoms. The molecule has 0 spiro atoms. The van der Waals surface area contributed by atoms with Gasteiger partial charge in [0.05, 0.1) is 0 Å². The van der Waals surface area contributed by atoms with Crippen LogP contribution in [0.15, 0.2) is 33.5 Å². The Hall–Kier alpha value is -1.81. The minimum Gasteiger partial charge on any atom is -0.422 e. The number of hydrogen-bond donors (Lipinski definition) is 2. The molecule has 1 heterocycles. The van der Waals surface area contributed by atoms with Crippen molar-refractivity contribution in [1.29, 1.82) is 0 Å². The summed E-state index contributed by atoms with van der Waals surface area (Å²) in [6, 6.07) is 7.56. The maximum atomic E-state index is 11.8. The zero-order valence-electron chi connectivity index (χ0n) is 10.4. The Bertz CT molecular complexity index is 589. The predicted octanol–water partition coefficient (Wildman–Crippen LogP) is 2.15. The van der Waals surface area contributed by atoms with Crippen molar-refractivity contribution in [2.24, 2.45) is 0 Å². The van der Waals surface area contributed by atoms with Gasteiger partial charge in [0.2, 0.25) is 0 Å². The molecule has 0 aliphatic rings. The molecule has 0 unspecified atom stereocenters. The molecule has 4 nitrogen and oxygen atoms in total. The molecule has 0 aliphatic carbocycles. The zero-order valence-corrected chi connectivity index (χ0v) is 10.4. The molecule has 1 aromatic heterocycles. The van der Waals surface area contributed by atoms with E-state index < -0.39 is 0 Å². The van der Waals surface area contributed by atoms with Gasteiger partial charge in [-0.3, -0.25) is 0 Å². The largest absolute Gasteiger partial charge is 0.422 e. The van der Waals surface area contributed by atoms with E-state index in [-0.39, 0.29) is 12.2 Å². The second-order valence-corrected chi connectivity index (χ2v) is 4.24. The van der Waals surface area contributed by atoms with Gasteiger partial charge >= 0.3 is 5.63 Å². The lowest BCUT2D eigenvalue weighted by molar-refractivity contribution is 0.284. The fourth-order valence-corrected chi connectivity index (χ4v) is 1.91. The smallest absolute Gasteiger partial charge is 0.339 e. The molecule has 0 radical (unpaired) electrons. The van der Waals surface area contributed by atoms with Gasteiger partial charge in [-0.05, 0) is 37.5 Å². The van der Waals surface area contributed by atoms with Gasteiger partial charge in [0.1, 0.15) is 5.58 Å². The molecule has 0 atom stereocenters. The first-order valence-corrected chi connectivity index (χ1v) is 6.10. The lowest BCUT2D eigenvalue weighted by Gasteiger charge is -2.04. The monoisotopic (exact) mass is 247 g/mol. The van der Waals surface area contributed by atoms with Crippen molar-refractivity contribution < 1.29 is 9.52 Å². The van der Waals surface area contributed by atoms with Crippen molar-refractivity contribution in [3.05, 3.63) is 40.2 Å². The summed E-state index contributed by atoms with van der Waals surface area (Å²) in [5.41, 5.74) is 1.90. The Balaban J connectivity index is 2.34. The summed E-state index contributed by atoms with van der Waals surface area (Å²) in [6.45, 7) is 0.157. The van der Waals surface area contributed by atoms with Crippen molar-refractivity contribution >= 4 is 16.7 Å². The number of aliphatic hydroxyl groups is 1. The number of fused-ring (bicyclic) bond motifs is 1. The van der Waals surface area contributed by atoms with Crippen LogP contribution < -0.4 is 10.9 Å². The van der Waals surface area contributed by atoms with Crippen LogP contribution in [0.5, 0.6) is 0 Å². The predicted molar refractivity (Wildman–Crippen MR) is 72.1 cm³/mol. The fourth-order valence-electron chi connectivity index (χ4n) is 1.91. The summed E-state index contributed by atoms with van der Waals surface area (Å²) in [7, 11) is 1.82. The van der Waals surface area contributed by atoms with E-state index in [0.717, 1.165) is 17.5 Å². The molecule has 0 aliphatic heterocycles. The van der Waals surface area contributed by atoms with Gasteiger partial charge in [0.25, 0.3) is 0 Å².